The van der Waals surface area contributed by atoms with Crippen LogP contribution >= 0.6 is 22.6 Å². The molecule has 0 bridgehead atoms. The van der Waals surface area contributed by atoms with Crippen LogP contribution < -0.4 is 0 Å². The predicted molar refractivity (Wildman–Crippen MR) is 83.6 cm³/mol. The molecule has 0 nitrogen and oxygen atoms in total. The van der Waals surface area contributed by atoms with Gasteiger partial charge >= 0.3 is 0 Å². The summed E-state index contributed by atoms with van der Waals surface area (Å²) in [7, 11) is 0. The lowest BCUT2D eigenvalue weighted by Gasteiger charge is -2.11. The van der Waals surface area contributed by atoms with Gasteiger partial charge in [0.25, 0.3) is 0 Å². The van der Waals surface area contributed by atoms with Crippen molar-refractivity contribution in [1.82, 2.24) is 0 Å². The van der Waals surface area contributed by atoms with Crippen LogP contribution in [0.2, 0.25) is 0 Å². The fourth-order valence-corrected chi connectivity index (χ4v) is 2.58. The van der Waals surface area contributed by atoms with Crippen LogP contribution in [0.25, 0.3) is 11.1 Å². The highest BCUT2D eigenvalue weighted by atomic mass is 127. The summed E-state index contributed by atoms with van der Waals surface area (Å²) >= 11 is 2.02. The molecule has 0 amide bonds. The van der Waals surface area contributed by atoms with Crippen molar-refractivity contribution in [2.24, 2.45) is 0 Å². The number of alkyl halides is 1. The van der Waals surface area contributed by atoms with Gasteiger partial charge in [-0.15, -0.1) is 0 Å². The lowest BCUT2D eigenvalue weighted by Crippen LogP contribution is -1.98. The predicted octanol–water partition coefficient (Wildman–Crippen LogP) is 5.83. The van der Waals surface area contributed by atoms with Crippen molar-refractivity contribution in [3.8, 4) is 11.1 Å². The molecule has 0 saturated carbocycles. The molecule has 0 fully saturated rings. The summed E-state index contributed by atoms with van der Waals surface area (Å²) in [6, 6.07) is 7.54. The first-order valence-corrected chi connectivity index (χ1v) is 7.61. The van der Waals surface area contributed by atoms with Crippen LogP contribution in [0.5, 0.6) is 0 Å². The third kappa shape index (κ3) is 2.85. The molecule has 0 aliphatic rings. The van der Waals surface area contributed by atoms with Crippen LogP contribution in [0, 0.1) is 17.5 Å². The minimum Gasteiger partial charge on any atom is -0.207 e. The summed E-state index contributed by atoms with van der Waals surface area (Å²) in [6.07, 6.45) is 0.564. The van der Waals surface area contributed by atoms with E-state index in [0.717, 1.165) is 0 Å². The first-order chi connectivity index (χ1) is 9.45. The van der Waals surface area contributed by atoms with E-state index in [0.29, 0.717) is 23.1 Å². The van der Waals surface area contributed by atoms with Gasteiger partial charge in [-0.1, -0.05) is 53.8 Å². The molecule has 0 radical (unpaired) electrons. The van der Waals surface area contributed by atoms with Crippen LogP contribution in [0.15, 0.2) is 30.3 Å². The van der Waals surface area contributed by atoms with Crippen molar-refractivity contribution in [2.75, 3.05) is 0 Å². The number of halogens is 4. The van der Waals surface area contributed by atoms with E-state index in [1.807, 2.05) is 29.5 Å². The van der Waals surface area contributed by atoms with Crippen LogP contribution in [-0.2, 0) is 6.42 Å². The van der Waals surface area contributed by atoms with Crippen molar-refractivity contribution in [2.45, 2.75) is 24.2 Å². The van der Waals surface area contributed by atoms with E-state index in [-0.39, 0.29) is 9.49 Å². The molecular weight excluding hydrogens is 376 g/mol. The SMILES string of the molecule is CCc1ccc(-c2ccc([C@H](C)I)c(F)c2F)cc1F. The van der Waals surface area contributed by atoms with E-state index < -0.39 is 17.5 Å². The van der Waals surface area contributed by atoms with Crippen molar-refractivity contribution >= 4 is 22.6 Å². The molecule has 0 aromatic heterocycles. The highest BCUT2D eigenvalue weighted by Crippen LogP contribution is 2.32. The minimum absolute atomic E-state index is 0.0878. The van der Waals surface area contributed by atoms with Crippen molar-refractivity contribution < 1.29 is 13.2 Å². The van der Waals surface area contributed by atoms with Gasteiger partial charge in [0, 0.05) is 15.1 Å². The van der Waals surface area contributed by atoms with Gasteiger partial charge in [0.2, 0.25) is 0 Å². The second-order valence-corrected chi connectivity index (χ2v) is 6.47. The van der Waals surface area contributed by atoms with Crippen LogP contribution in [0.3, 0.4) is 0 Å². The number of hydrogen-bond acceptors (Lipinski definition) is 0. The Labute approximate surface area is 130 Å². The Morgan fingerprint density at radius 2 is 1.75 bits per heavy atom. The number of hydrogen-bond donors (Lipinski definition) is 0. The molecule has 2 aromatic rings. The molecule has 0 saturated heterocycles. The van der Waals surface area contributed by atoms with E-state index in [2.05, 4.69) is 0 Å². The molecule has 0 aliphatic carbocycles. The fourth-order valence-electron chi connectivity index (χ4n) is 2.10. The highest BCUT2D eigenvalue weighted by Gasteiger charge is 2.17. The smallest absolute Gasteiger partial charge is 0.166 e. The standard InChI is InChI=1S/C16H14F3I/c1-3-10-4-5-11(8-14(10)17)13-7-6-12(9(2)20)15(18)16(13)19/h4-9H,3H2,1-2H3/t9-/m0/s1. The van der Waals surface area contributed by atoms with E-state index in [1.165, 1.54) is 12.1 Å². The molecule has 0 unspecified atom stereocenters. The molecule has 2 aromatic carbocycles. The number of aryl methyl sites for hydroxylation is 1. The largest absolute Gasteiger partial charge is 0.207 e. The zero-order valence-electron chi connectivity index (χ0n) is 11.2. The van der Waals surface area contributed by atoms with E-state index >= 15 is 0 Å². The van der Waals surface area contributed by atoms with E-state index in [4.69, 9.17) is 0 Å². The zero-order valence-corrected chi connectivity index (χ0v) is 13.3. The van der Waals surface area contributed by atoms with Crippen molar-refractivity contribution in [1.29, 1.82) is 0 Å². The van der Waals surface area contributed by atoms with Gasteiger partial charge in [0.1, 0.15) is 5.82 Å². The Bertz CT molecular complexity index is 636. The highest BCUT2D eigenvalue weighted by molar-refractivity contribution is 14.1. The molecule has 1 atom stereocenters. The average molecular weight is 390 g/mol. The summed E-state index contributed by atoms with van der Waals surface area (Å²) in [4.78, 5) is 0. The molecule has 106 valence electrons. The Hall–Kier alpha value is -1.04. The lowest BCUT2D eigenvalue weighted by molar-refractivity contribution is 0.502. The molecule has 0 aliphatic heterocycles. The van der Waals surface area contributed by atoms with Gasteiger partial charge in [-0.2, -0.15) is 0 Å². The summed E-state index contributed by atoms with van der Waals surface area (Å²) < 4.78 is 41.7. The maximum atomic E-state index is 14.1. The second kappa shape index (κ2) is 6.16. The van der Waals surface area contributed by atoms with Gasteiger partial charge in [-0.05, 0) is 30.5 Å². The summed E-state index contributed by atoms with van der Waals surface area (Å²) in [5.74, 6) is -2.17. The van der Waals surface area contributed by atoms with Crippen LogP contribution in [-0.4, -0.2) is 0 Å². The van der Waals surface area contributed by atoms with Gasteiger partial charge < -0.3 is 0 Å². The number of rotatable bonds is 3. The first kappa shape index (κ1) is 15.4. The second-order valence-electron chi connectivity index (χ2n) is 4.61. The Morgan fingerprint density at radius 1 is 1.05 bits per heavy atom. The topological polar surface area (TPSA) is 0 Å². The van der Waals surface area contributed by atoms with Crippen molar-refractivity contribution in [3.63, 3.8) is 0 Å². The zero-order chi connectivity index (χ0) is 14.9. The molecule has 0 N–H and O–H groups in total. The molecule has 2 rings (SSSR count). The Kier molecular flexibility index (Phi) is 4.73. The third-order valence-electron chi connectivity index (χ3n) is 3.29. The first-order valence-electron chi connectivity index (χ1n) is 6.36. The van der Waals surface area contributed by atoms with E-state index in [1.54, 1.807) is 25.1 Å². The van der Waals surface area contributed by atoms with Gasteiger partial charge in [-0.3, -0.25) is 0 Å². The van der Waals surface area contributed by atoms with Crippen LogP contribution in [0.1, 0.15) is 28.9 Å². The monoisotopic (exact) mass is 390 g/mol. The van der Waals surface area contributed by atoms with Gasteiger partial charge in [0.15, 0.2) is 11.6 Å². The maximum absolute atomic E-state index is 14.1. The Balaban J connectivity index is 2.54. The Morgan fingerprint density at radius 3 is 2.30 bits per heavy atom. The fraction of sp³-hybridized carbons (Fsp3) is 0.250. The van der Waals surface area contributed by atoms with Gasteiger partial charge in [-0.25, -0.2) is 13.2 Å². The third-order valence-corrected chi connectivity index (χ3v) is 3.96. The normalized spacial score (nSPS) is 12.5. The molecule has 0 heterocycles. The number of benzene rings is 2. The summed E-state index contributed by atoms with van der Waals surface area (Å²) in [5.41, 5.74) is 1.32. The van der Waals surface area contributed by atoms with Gasteiger partial charge in [0.05, 0.1) is 0 Å². The minimum atomic E-state index is -0.922. The lowest BCUT2D eigenvalue weighted by atomic mass is 9.99. The van der Waals surface area contributed by atoms with Crippen molar-refractivity contribution in [3.05, 3.63) is 58.9 Å². The molecule has 20 heavy (non-hydrogen) atoms. The van der Waals surface area contributed by atoms with E-state index in [9.17, 15) is 13.2 Å². The van der Waals surface area contributed by atoms with Crippen LogP contribution in [0.4, 0.5) is 13.2 Å². The maximum Gasteiger partial charge on any atom is 0.166 e. The molecular formula is C16H14F3I. The average Bonchev–Trinajstić information content (AvgIpc) is 2.41. The quantitative estimate of drug-likeness (QED) is 0.457. The summed E-state index contributed by atoms with van der Waals surface area (Å²) in [5, 5.41) is 0. The molecule has 0 spiro atoms. The molecule has 4 heteroatoms. The summed E-state index contributed by atoms with van der Waals surface area (Å²) in [6.45, 7) is 3.63.